The highest BCUT2D eigenvalue weighted by Gasteiger charge is 2.18. The summed E-state index contributed by atoms with van der Waals surface area (Å²) < 4.78 is 7.26. The number of hydrogen-bond acceptors (Lipinski definition) is 4. The van der Waals surface area contributed by atoms with Crippen LogP contribution < -0.4 is 5.32 Å². The first-order valence-electron chi connectivity index (χ1n) is 8.56. The highest BCUT2D eigenvalue weighted by atomic mass is 16.5. The second-order valence-electron chi connectivity index (χ2n) is 6.04. The van der Waals surface area contributed by atoms with Gasteiger partial charge in [-0.05, 0) is 31.2 Å². The normalized spacial score (nSPS) is 11.0. The number of aromatic nitrogens is 2. The van der Waals surface area contributed by atoms with Crippen LogP contribution in [0.5, 0.6) is 0 Å². The number of rotatable bonds is 4. The van der Waals surface area contributed by atoms with Crippen LogP contribution in [-0.4, -0.2) is 22.1 Å². The SMILES string of the molecule is CCOC(=O)c1cc2c3ccccc3n(C)c2c(Nc2ccccc2)n1. The second kappa shape index (κ2) is 6.52. The Kier molecular flexibility index (Phi) is 4.05. The van der Waals surface area contributed by atoms with E-state index in [4.69, 9.17) is 4.74 Å². The molecule has 0 aliphatic heterocycles. The van der Waals surface area contributed by atoms with Crippen molar-refractivity contribution in [3.63, 3.8) is 0 Å². The topological polar surface area (TPSA) is 56.1 Å². The molecular formula is C21H19N3O2. The largest absolute Gasteiger partial charge is 0.461 e. The molecule has 2 heterocycles. The van der Waals surface area contributed by atoms with Crippen molar-refractivity contribution < 1.29 is 9.53 Å². The molecule has 0 saturated carbocycles. The van der Waals surface area contributed by atoms with E-state index in [1.165, 1.54) is 0 Å². The first-order valence-corrected chi connectivity index (χ1v) is 8.56. The molecule has 1 N–H and O–H groups in total. The van der Waals surface area contributed by atoms with Crippen LogP contribution in [0.15, 0.2) is 60.7 Å². The molecule has 0 aliphatic rings. The van der Waals surface area contributed by atoms with Gasteiger partial charge in [-0.2, -0.15) is 0 Å². The van der Waals surface area contributed by atoms with Crippen LogP contribution >= 0.6 is 0 Å². The van der Waals surface area contributed by atoms with Gasteiger partial charge in [-0.1, -0.05) is 36.4 Å². The fourth-order valence-electron chi connectivity index (χ4n) is 3.25. The second-order valence-corrected chi connectivity index (χ2v) is 6.04. The Labute approximate surface area is 151 Å². The molecule has 5 nitrogen and oxygen atoms in total. The van der Waals surface area contributed by atoms with Crippen LogP contribution in [0, 0.1) is 0 Å². The number of anilines is 2. The zero-order valence-corrected chi connectivity index (χ0v) is 14.7. The zero-order valence-electron chi connectivity index (χ0n) is 14.7. The summed E-state index contributed by atoms with van der Waals surface area (Å²) in [5.41, 5.74) is 3.24. The van der Waals surface area contributed by atoms with Gasteiger partial charge in [0, 0.05) is 29.0 Å². The van der Waals surface area contributed by atoms with Crippen molar-refractivity contribution in [2.45, 2.75) is 6.92 Å². The van der Waals surface area contributed by atoms with Gasteiger partial charge in [0.2, 0.25) is 0 Å². The lowest BCUT2D eigenvalue weighted by Gasteiger charge is -2.11. The van der Waals surface area contributed by atoms with Crippen LogP contribution in [0.1, 0.15) is 17.4 Å². The van der Waals surface area contributed by atoms with Crippen molar-refractivity contribution in [2.75, 3.05) is 11.9 Å². The quantitative estimate of drug-likeness (QED) is 0.547. The minimum Gasteiger partial charge on any atom is -0.461 e. The lowest BCUT2D eigenvalue weighted by Crippen LogP contribution is -2.09. The van der Waals surface area contributed by atoms with Crippen LogP contribution in [0.25, 0.3) is 21.8 Å². The van der Waals surface area contributed by atoms with E-state index in [2.05, 4.69) is 27.0 Å². The van der Waals surface area contributed by atoms with Gasteiger partial charge in [-0.15, -0.1) is 0 Å². The van der Waals surface area contributed by atoms with Crippen LogP contribution in [0.3, 0.4) is 0 Å². The Morgan fingerprint density at radius 3 is 2.58 bits per heavy atom. The van der Waals surface area contributed by atoms with E-state index >= 15 is 0 Å². The summed E-state index contributed by atoms with van der Waals surface area (Å²) in [6.07, 6.45) is 0. The molecule has 0 saturated heterocycles. The van der Waals surface area contributed by atoms with Gasteiger partial charge in [0.1, 0.15) is 0 Å². The first-order chi connectivity index (χ1) is 12.7. The molecule has 130 valence electrons. The summed E-state index contributed by atoms with van der Waals surface area (Å²) in [7, 11) is 2.01. The van der Waals surface area contributed by atoms with Gasteiger partial charge in [0.25, 0.3) is 0 Å². The number of esters is 1. The van der Waals surface area contributed by atoms with Gasteiger partial charge < -0.3 is 14.6 Å². The third-order valence-electron chi connectivity index (χ3n) is 4.40. The number of carbonyl (C=O) groups is 1. The summed E-state index contributed by atoms with van der Waals surface area (Å²) in [5, 5.41) is 5.40. The van der Waals surface area contributed by atoms with Crippen LogP contribution in [0.2, 0.25) is 0 Å². The van der Waals surface area contributed by atoms with Crippen LogP contribution in [-0.2, 0) is 11.8 Å². The van der Waals surface area contributed by atoms with E-state index in [-0.39, 0.29) is 0 Å². The predicted octanol–water partition coefficient (Wildman–Crippen LogP) is 4.65. The van der Waals surface area contributed by atoms with E-state index in [0.717, 1.165) is 27.5 Å². The Balaban J connectivity index is 1.99. The van der Waals surface area contributed by atoms with E-state index in [9.17, 15) is 4.79 Å². The molecule has 5 heteroatoms. The fraction of sp³-hybridized carbons (Fsp3) is 0.143. The molecular weight excluding hydrogens is 326 g/mol. The molecule has 4 rings (SSSR count). The Bertz CT molecular complexity index is 1100. The van der Waals surface area contributed by atoms with Crippen LogP contribution in [0.4, 0.5) is 11.5 Å². The fourth-order valence-corrected chi connectivity index (χ4v) is 3.25. The van der Waals surface area contributed by atoms with E-state index < -0.39 is 5.97 Å². The molecule has 0 aliphatic carbocycles. The van der Waals surface area contributed by atoms with Gasteiger partial charge in [-0.25, -0.2) is 9.78 Å². The van der Waals surface area contributed by atoms with Crippen molar-refractivity contribution in [3.8, 4) is 0 Å². The monoisotopic (exact) mass is 345 g/mol. The summed E-state index contributed by atoms with van der Waals surface area (Å²) in [6.45, 7) is 2.10. The standard InChI is InChI=1S/C21H19N3O2/c1-3-26-21(25)17-13-16-15-11-7-8-12-18(15)24(2)19(16)20(23-17)22-14-9-5-4-6-10-14/h4-13H,3H2,1-2H3,(H,22,23). The third kappa shape index (κ3) is 2.67. The smallest absolute Gasteiger partial charge is 0.357 e. The summed E-state index contributed by atoms with van der Waals surface area (Å²) in [4.78, 5) is 16.9. The maximum Gasteiger partial charge on any atom is 0.357 e. The maximum atomic E-state index is 12.3. The predicted molar refractivity (Wildman–Crippen MR) is 104 cm³/mol. The lowest BCUT2D eigenvalue weighted by atomic mass is 10.1. The molecule has 0 bridgehead atoms. The van der Waals surface area contributed by atoms with E-state index in [1.54, 1.807) is 6.92 Å². The Hall–Kier alpha value is -3.34. The van der Waals surface area contributed by atoms with Gasteiger partial charge in [0.15, 0.2) is 11.5 Å². The Morgan fingerprint density at radius 2 is 1.81 bits per heavy atom. The molecule has 0 radical (unpaired) electrons. The highest BCUT2D eigenvalue weighted by molar-refractivity contribution is 6.13. The van der Waals surface area contributed by atoms with E-state index in [1.807, 2.05) is 55.6 Å². The summed E-state index contributed by atoms with van der Waals surface area (Å²) in [5.74, 6) is 0.217. The minimum atomic E-state index is -0.418. The van der Waals surface area contributed by atoms with Gasteiger partial charge in [-0.3, -0.25) is 0 Å². The number of aryl methyl sites for hydroxylation is 1. The van der Waals surface area contributed by atoms with E-state index in [0.29, 0.717) is 18.1 Å². The van der Waals surface area contributed by atoms with Crippen molar-refractivity contribution >= 4 is 39.3 Å². The first kappa shape index (κ1) is 16.1. The average molecular weight is 345 g/mol. The van der Waals surface area contributed by atoms with Crippen molar-refractivity contribution in [1.29, 1.82) is 0 Å². The molecule has 4 aromatic rings. The number of hydrogen-bond donors (Lipinski definition) is 1. The molecule has 0 unspecified atom stereocenters. The zero-order chi connectivity index (χ0) is 18.1. The van der Waals surface area contributed by atoms with Gasteiger partial charge in [0.05, 0.1) is 12.1 Å². The number of fused-ring (bicyclic) bond motifs is 3. The minimum absolute atomic E-state index is 0.300. The maximum absolute atomic E-state index is 12.3. The molecule has 0 amide bonds. The number of benzene rings is 2. The number of nitrogens with zero attached hydrogens (tertiary/aromatic N) is 2. The summed E-state index contributed by atoms with van der Waals surface area (Å²) in [6, 6.07) is 19.7. The molecule has 0 spiro atoms. The number of carbonyl (C=O) groups excluding carboxylic acids is 1. The number of nitrogens with one attached hydrogen (secondary N) is 1. The van der Waals surface area contributed by atoms with Crippen molar-refractivity contribution in [1.82, 2.24) is 9.55 Å². The van der Waals surface area contributed by atoms with Crippen molar-refractivity contribution in [2.24, 2.45) is 7.05 Å². The summed E-state index contributed by atoms with van der Waals surface area (Å²) >= 11 is 0. The molecule has 0 atom stereocenters. The number of ether oxygens (including phenoxy) is 1. The molecule has 2 aromatic heterocycles. The number of para-hydroxylation sites is 2. The van der Waals surface area contributed by atoms with Crippen molar-refractivity contribution in [3.05, 3.63) is 66.4 Å². The lowest BCUT2D eigenvalue weighted by molar-refractivity contribution is 0.0520. The average Bonchev–Trinajstić information content (AvgIpc) is 2.96. The van der Waals surface area contributed by atoms with Gasteiger partial charge >= 0.3 is 5.97 Å². The Morgan fingerprint density at radius 1 is 1.08 bits per heavy atom. The third-order valence-corrected chi connectivity index (χ3v) is 4.40. The highest BCUT2D eigenvalue weighted by Crippen LogP contribution is 2.33. The molecule has 26 heavy (non-hydrogen) atoms. The number of pyridine rings is 1. The molecule has 0 fully saturated rings. The molecule has 2 aromatic carbocycles.